The van der Waals surface area contributed by atoms with Crippen LogP contribution in [0.25, 0.3) is 0 Å². The monoisotopic (exact) mass is 279 g/mol. The van der Waals surface area contributed by atoms with Gasteiger partial charge in [-0.05, 0) is 0 Å². The van der Waals surface area contributed by atoms with E-state index in [1.54, 1.807) is 11.2 Å². The number of amidine groups is 1. The van der Waals surface area contributed by atoms with E-state index in [1.165, 1.54) is 0 Å². The molecule has 17 heavy (non-hydrogen) atoms. The number of aliphatic imine (C=N–C) groups is 2. The van der Waals surface area contributed by atoms with Gasteiger partial charge in [0.05, 0.1) is 17.8 Å². The molecule has 0 aromatic rings. The molecule has 0 aliphatic carbocycles. The van der Waals surface area contributed by atoms with E-state index in [-0.39, 0.29) is 23.9 Å². The Morgan fingerprint density at radius 3 is 3.06 bits per heavy atom. The normalized spacial score (nSPS) is 17.5. The van der Waals surface area contributed by atoms with Gasteiger partial charge < -0.3 is 10.2 Å². The first-order valence-corrected chi connectivity index (χ1v) is 5.31. The highest BCUT2D eigenvalue weighted by Gasteiger charge is 2.34. The summed E-state index contributed by atoms with van der Waals surface area (Å²) in [5.41, 5.74) is -0.0786. The largest absolute Gasteiger partial charge is 0.363 e. The van der Waals surface area contributed by atoms with E-state index in [1.807, 2.05) is 0 Å². The molecule has 0 amide bonds. The first-order valence-electron chi connectivity index (χ1n) is 4.78. The van der Waals surface area contributed by atoms with E-state index in [0.717, 1.165) is 0 Å². The lowest BCUT2D eigenvalue weighted by atomic mass is 10.3. The summed E-state index contributed by atoms with van der Waals surface area (Å²) in [5, 5.41) is 13.8. The van der Waals surface area contributed by atoms with Crippen LogP contribution in [-0.4, -0.2) is 47.5 Å². The number of halogens is 2. The van der Waals surface area contributed by atoms with E-state index < -0.39 is 4.92 Å². The lowest BCUT2D eigenvalue weighted by Crippen LogP contribution is -2.36. The molecule has 0 bridgehead atoms. The van der Waals surface area contributed by atoms with E-state index >= 15 is 0 Å². The Morgan fingerprint density at radius 2 is 2.41 bits per heavy atom. The molecule has 0 unspecified atom stereocenters. The molecule has 0 saturated carbocycles. The average Bonchev–Trinajstić information content (AvgIpc) is 2.72. The standard InChI is InChI=1S/C8H10ClN5O2.ClH/c9-1-2-10-7-6(14(15)16)8-11-3-4-13(8)5-12-7;/h5,10H,1-4H2;1H. The third kappa shape index (κ3) is 2.67. The van der Waals surface area contributed by atoms with Crippen molar-refractivity contribution >= 4 is 36.2 Å². The van der Waals surface area contributed by atoms with Gasteiger partial charge >= 0.3 is 5.70 Å². The molecule has 0 aromatic carbocycles. The minimum absolute atomic E-state index is 0. The topological polar surface area (TPSA) is 83.1 Å². The zero-order valence-electron chi connectivity index (χ0n) is 8.80. The minimum atomic E-state index is -0.468. The van der Waals surface area contributed by atoms with Crippen LogP contribution in [0, 0.1) is 10.1 Å². The number of nitro groups is 1. The minimum Gasteiger partial charge on any atom is -0.363 e. The SMILES string of the molecule is Cl.O=[N+]([O-])C1=C(NCCCl)N=CN2CCN=C12. The fourth-order valence-electron chi connectivity index (χ4n) is 1.54. The van der Waals surface area contributed by atoms with Crippen molar-refractivity contribution in [3.05, 3.63) is 21.6 Å². The van der Waals surface area contributed by atoms with Crippen LogP contribution in [0.5, 0.6) is 0 Å². The van der Waals surface area contributed by atoms with Gasteiger partial charge in [-0.1, -0.05) is 0 Å². The Morgan fingerprint density at radius 1 is 1.65 bits per heavy atom. The number of hydrogen-bond donors (Lipinski definition) is 1. The van der Waals surface area contributed by atoms with Crippen LogP contribution in [0.4, 0.5) is 0 Å². The molecule has 7 nitrogen and oxygen atoms in total. The number of fused-ring (bicyclic) bond motifs is 1. The Balaban J connectivity index is 0.00000144. The second kappa shape index (κ2) is 5.83. The van der Waals surface area contributed by atoms with Gasteiger partial charge in [0.15, 0.2) is 0 Å². The third-order valence-corrected chi connectivity index (χ3v) is 2.40. The molecular weight excluding hydrogens is 269 g/mol. The van der Waals surface area contributed by atoms with Crippen LogP contribution >= 0.6 is 24.0 Å². The van der Waals surface area contributed by atoms with Crippen molar-refractivity contribution in [3.8, 4) is 0 Å². The van der Waals surface area contributed by atoms with Gasteiger partial charge in [0.2, 0.25) is 11.7 Å². The first kappa shape index (κ1) is 13.7. The van der Waals surface area contributed by atoms with Gasteiger partial charge in [-0.25, -0.2) is 4.99 Å². The van der Waals surface area contributed by atoms with Crippen LogP contribution in [0.3, 0.4) is 0 Å². The second-order valence-electron chi connectivity index (χ2n) is 3.21. The summed E-state index contributed by atoms with van der Waals surface area (Å²) in [6, 6.07) is 0. The lowest BCUT2D eigenvalue weighted by molar-refractivity contribution is -0.417. The zero-order chi connectivity index (χ0) is 11.5. The number of nitrogens with one attached hydrogen (secondary N) is 1. The molecule has 0 aromatic heterocycles. The van der Waals surface area contributed by atoms with Crippen LogP contribution in [0.2, 0.25) is 0 Å². The lowest BCUT2D eigenvalue weighted by Gasteiger charge is -2.18. The molecular formula is C8H11Cl2N5O2. The maximum absolute atomic E-state index is 11.0. The zero-order valence-corrected chi connectivity index (χ0v) is 10.4. The third-order valence-electron chi connectivity index (χ3n) is 2.21. The van der Waals surface area contributed by atoms with Gasteiger partial charge in [-0.15, -0.1) is 24.0 Å². The molecule has 2 rings (SSSR count). The molecule has 9 heteroatoms. The van der Waals surface area contributed by atoms with Crippen LogP contribution in [-0.2, 0) is 0 Å². The summed E-state index contributed by atoms with van der Waals surface area (Å²) in [6.07, 6.45) is 1.55. The molecule has 0 atom stereocenters. The number of rotatable bonds is 4. The molecule has 0 radical (unpaired) electrons. The average molecular weight is 280 g/mol. The van der Waals surface area contributed by atoms with Crippen molar-refractivity contribution in [1.29, 1.82) is 0 Å². The fourth-order valence-corrected chi connectivity index (χ4v) is 1.64. The van der Waals surface area contributed by atoms with Crippen molar-refractivity contribution in [2.24, 2.45) is 9.98 Å². The van der Waals surface area contributed by atoms with Crippen molar-refractivity contribution in [2.75, 3.05) is 25.5 Å². The van der Waals surface area contributed by atoms with Crippen LogP contribution in [0.1, 0.15) is 0 Å². The van der Waals surface area contributed by atoms with E-state index in [2.05, 4.69) is 15.3 Å². The summed E-state index contributed by atoms with van der Waals surface area (Å²) in [6.45, 7) is 1.62. The highest BCUT2D eigenvalue weighted by atomic mass is 35.5. The predicted molar refractivity (Wildman–Crippen MR) is 67.5 cm³/mol. The van der Waals surface area contributed by atoms with E-state index in [0.29, 0.717) is 31.3 Å². The molecule has 2 heterocycles. The van der Waals surface area contributed by atoms with E-state index in [9.17, 15) is 10.1 Å². The first-order chi connectivity index (χ1) is 7.74. The highest BCUT2D eigenvalue weighted by Crippen LogP contribution is 2.17. The molecule has 2 aliphatic rings. The maximum atomic E-state index is 11.0. The summed E-state index contributed by atoms with van der Waals surface area (Å²) < 4.78 is 0. The molecule has 0 saturated heterocycles. The smallest absolute Gasteiger partial charge is 0.353 e. The van der Waals surface area contributed by atoms with Crippen LogP contribution < -0.4 is 5.32 Å². The van der Waals surface area contributed by atoms with Crippen molar-refractivity contribution in [1.82, 2.24) is 10.2 Å². The Bertz CT molecular complexity index is 407. The number of hydrogen-bond acceptors (Lipinski definition) is 6. The van der Waals surface area contributed by atoms with Crippen molar-refractivity contribution < 1.29 is 4.92 Å². The van der Waals surface area contributed by atoms with E-state index in [4.69, 9.17) is 11.6 Å². The Labute approximate surface area is 109 Å². The Hall–Kier alpha value is -1.34. The van der Waals surface area contributed by atoms with Gasteiger partial charge in [0, 0.05) is 19.0 Å². The summed E-state index contributed by atoms with van der Waals surface area (Å²) in [5.74, 6) is 0.958. The molecule has 2 aliphatic heterocycles. The molecule has 94 valence electrons. The van der Waals surface area contributed by atoms with Crippen molar-refractivity contribution in [2.45, 2.75) is 0 Å². The maximum Gasteiger partial charge on any atom is 0.353 e. The van der Waals surface area contributed by atoms with Gasteiger partial charge in [0.25, 0.3) is 0 Å². The quantitative estimate of drug-likeness (QED) is 0.460. The summed E-state index contributed by atoms with van der Waals surface area (Å²) in [7, 11) is 0. The Kier molecular flexibility index (Phi) is 4.71. The molecule has 0 fully saturated rings. The van der Waals surface area contributed by atoms with Gasteiger partial charge in [0.1, 0.15) is 0 Å². The number of nitrogens with zero attached hydrogens (tertiary/aromatic N) is 4. The highest BCUT2D eigenvalue weighted by molar-refractivity contribution is 6.18. The van der Waals surface area contributed by atoms with Gasteiger partial charge in [-0.3, -0.25) is 15.1 Å². The van der Waals surface area contributed by atoms with Gasteiger partial charge in [-0.2, -0.15) is 0 Å². The second-order valence-corrected chi connectivity index (χ2v) is 3.59. The van der Waals surface area contributed by atoms with Crippen LogP contribution in [0.15, 0.2) is 21.5 Å². The fraction of sp³-hybridized carbons (Fsp3) is 0.500. The predicted octanol–water partition coefficient (Wildman–Crippen LogP) is 0.438. The number of alkyl halides is 1. The summed E-state index contributed by atoms with van der Waals surface area (Å²) in [4.78, 5) is 20.3. The molecule has 1 N–H and O–H groups in total. The van der Waals surface area contributed by atoms with Crippen molar-refractivity contribution in [3.63, 3.8) is 0 Å². The summed E-state index contributed by atoms with van der Waals surface area (Å²) >= 11 is 5.51. The molecule has 0 spiro atoms.